The lowest BCUT2D eigenvalue weighted by Crippen LogP contribution is -2.40. The largest absolute Gasteiger partial charge is 0.493 e. The Morgan fingerprint density at radius 2 is 1.81 bits per heavy atom. The van der Waals surface area contributed by atoms with E-state index < -0.39 is 6.10 Å². The third-order valence-electron chi connectivity index (χ3n) is 6.56. The Morgan fingerprint density at radius 3 is 2.41 bits per heavy atom. The highest BCUT2D eigenvalue weighted by Crippen LogP contribution is 2.44. The summed E-state index contributed by atoms with van der Waals surface area (Å²) in [7, 11) is 8.54. The van der Waals surface area contributed by atoms with E-state index in [4.69, 9.17) is 23.9 Å². The van der Waals surface area contributed by atoms with Gasteiger partial charge in [-0.1, -0.05) is 12.1 Å². The average molecular weight is 512 g/mol. The predicted octanol–water partition coefficient (Wildman–Crippen LogP) is 4.22. The average Bonchev–Trinajstić information content (AvgIpc) is 3.45. The molecule has 0 spiro atoms. The molecule has 8 nitrogen and oxygen atoms in total. The number of hydrogen-bond acceptors (Lipinski definition) is 7. The summed E-state index contributed by atoms with van der Waals surface area (Å²) in [6.07, 6.45) is 1.70. The van der Waals surface area contributed by atoms with E-state index in [9.17, 15) is 9.18 Å². The number of benzene rings is 2. The van der Waals surface area contributed by atoms with Crippen molar-refractivity contribution < 1.29 is 28.1 Å². The smallest absolute Gasteiger partial charge is 0.252 e. The van der Waals surface area contributed by atoms with Gasteiger partial charge in [-0.05, 0) is 43.0 Å². The van der Waals surface area contributed by atoms with E-state index in [1.165, 1.54) is 12.1 Å². The topological polar surface area (TPSA) is 73.4 Å². The Kier molecular flexibility index (Phi) is 8.33. The highest BCUT2D eigenvalue weighted by atomic mass is 19.1. The summed E-state index contributed by atoms with van der Waals surface area (Å²) in [5.41, 5.74) is 2.49. The summed E-state index contributed by atoms with van der Waals surface area (Å²) in [6.45, 7) is 1.37. The van der Waals surface area contributed by atoms with Crippen molar-refractivity contribution in [3.05, 3.63) is 53.3 Å². The van der Waals surface area contributed by atoms with Crippen LogP contribution >= 0.6 is 0 Å². The molecule has 37 heavy (non-hydrogen) atoms. The third kappa shape index (κ3) is 5.72. The molecule has 0 unspecified atom stereocenters. The summed E-state index contributed by atoms with van der Waals surface area (Å²) in [4.78, 5) is 22.2. The second kappa shape index (κ2) is 11.6. The van der Waals surface area contributed by atoms with E-state index in [-0.39, 0.29) is 11.7 Å². The van der Waals surface area contributed by atoms with Gasteiger partial charge in [-0.3, -0.25) is 4.79 Å². The van der Waals surface area contributed by atoms with Crippen LogP contribution in [0.15, 0.2) is 36.4 Å². The lowest BCUT2D eigenvalue weighted by Gasteiger charge is -2.28. The fraction of sp³-hybridized carbons (Fsp3) is 0.429. The number of hydrogen-bond donors (Lipinski definition) is 0. The van der Waals surface area contributed by atoms with Crippen molar-refractivity contribution in [2.45, 2.75) is 31.9 Å². The SMILES string of the molecule is COc1cc2nc(N(C)C)c(CN(CCc3ccc(F)cc3)C(=O)[C@@H]3CCCO3)cc2c(OC)c1OC. The third-order valence-corrected chi connectivity index (χ3v) is 6.56. The molecular weight excluding hydrogens is 477 g/mol. The number of amides is 1. The van der Waals surface area contributed by atoms with Crippen LogP contribution in [0.1, 0.15) is 24.0 Å². The van der Waals surface area contributed by atoms with E-state index in [0.717, 1.165) is 28.8 Å². The number of pyridine rings is 1. The molecule has 9 heteroatoms. The van der Waals surface area contributed by atoms with Gasteiger partial charge in [0.15, 0.2) is 11.5 Å². The summed E-state index contributed by atoms with van der Waals surface area (Å²) < 4.78 is 35.9. The van der Waals surface area contributed by atoms with Gasteiger partial charge in [-0.2, -0.15) is 0 Å². The van der Waals surface area contributed by atoms with Crippen LogP contribution < -0.4 is 19.1 Å². The minimum absolute atomic E-state index is 0.0521. The molecule has 1 atom stereocenters. The van der Waals surface area contributed by atoms with Gasteiger partial charge < -0.3 is 28.7 Å². The van der Waals surface area contributed by atoms with Gasteiger partial charge >= 0.3 is 0 Å². The second-order valence-electron chi connectivity index (χ2n) is 9.22. The summed E-state index contributed by atoms with van der Waals surface area (Å²) in [5.74, 6) is 1.91. The lowest BCUT2D eigenvalue weighted by molar-refractivity contribution is -0.141. The first-order valence-electron chi connectivity index (χ1n) is 12.3. The number of anilines is 1. The quantitative estimate of drug-likeness (QED) is 0.404. The van der Waals surface area contributed by atoms with Crippen LogP contribution in [-0.4, -0.2) is 70.5 Å². The highest BCUT2D eigenvalue weighted by Gasteiger charge is 2.29. The minimum Gasteiger partial charge on any atom is -0.493 e. The molecule has 198 valence electrons. The molecule has 0 saturated carbocycles. The number of aromatic nitrogens is 1. The maximum Gasteiger partial charge on any atom is 0.252 e. The van der Waals surface area contributed by atoms with Gasteiger partial charge in [0, 0.05) is 50.8 Å². The van der Waals surface area contributed by atoms with Gasteiger partial charge in [0.25, 0.3) is 5.91 Å². The molecule has 1 aromatic heterocycles. The molecule has 1 aliphatic heterocycles. The molecule has 3 aromatic rings. The molecule has 0 bridgehead atoms. The number of ether oxygens (including phenoxy) is 4. The number of carbonyl (C=O) groups is 1. The highest BCUT2D eigenvalue weighted by molar-refractivity contribution is 5.92. The molecule has 0 aliphatic carbocycles. The number of fused-ring (bicyclic) bond motifs is 1. The van der Waals surface area contributed by atoms with E-state index in [1.54, 1.807) is 33.5 Å². The van der Waals surface area contributed by atoms with Gasteiger partial charge in [-0.25, -0.2) is 9.37 Å². The Bertz CT molecular complexity index is 1240. The fourth-order valence-electron chi connectivity index (χ4n) is 4.69. The van der Waals surface area contributed by atoms with Gasteiger partial charge in [0.2, 0.25) is 5.75 Å². The predicted molar refractivity (Wildman–Crippen MR) is 140 cm³/mol. The van der Waals surface area contributed by atoms with E-state index >= 15 is 0 Å². The van der Waals surface area contributed by atoms with Crippen LogP contribution in [0, 0.1) is 5.82 Å². The molecule has 2 aromatic carbocycles. The van der Waals surface area contributed by atoms with Gasteiger partial charge in [-0.15, -0.1) is 0 Å². The van der Waals surface area contributed by atoms with Crippen molar-refractivity contribution in [2.75, 3.05) is 53.5 Å². The molecule has 0 N–H and O–H groups in total. The van der Waals surface area contributed by atoms with Gasteiger partial charge in [0.1, 0.15) is 17.7 Å². The molecular formula is C28H34FN3O5. The Balaban J connectivity index is 1.74. The normalized spacial score (nSPS) is 15.0. The molecule has 4 rings (SSSR count). The number of methoxy groups -OCH3 is 3. The fourth-order valence-corrected chi connectivity index (χ4v) is 4.69. The van der Waals surface area contributed by atoms with E-state index in [1.807, 2.05) is 36.0 Å². The molecule has 1 amide bonds. The second-order valence-corrected chi connectivity index (χ2v) is 9.22. The number of nitrogens with zero attached hydrogens (tertiary/aromatic N) is 3. The van der Waals surface area contributed by atoms with Crippen molar-refractivity contribution in [3.8, 4) is 17.2 Å². The molecule has 1 fully saturated rings. The van der Waals surface area contributed by atoms with Crippen molar-refractivity contribution >= 4 is 22.6 Å². The first kappa shape index (κ1) is 26.5. The number of halogens is 1. The van der Waals surface area contributed by atoms with Crippen molar-refractivity contribution in [1.82, 2.24) is 9.88 Å². The number of carbonyl (C=O) groups excluding carboxylic acids is 1. The standard InChI is InChI=1S/C28H34FN3O5/c1-31(2)27-19(15-21-22(30-27)16-24(34-3)26(36-5)25(21)35-4)17-32(28(33)23-7-6-14-37-23)13-12-18-8-10-20(29)11-9-18/h8-11,15-16,23H,6-7,12-14,17H2,1-5H3/t23-/m0/s1. The zero-order chi connectivity index (χ0) is 26.5. The van der Waals surface area contributed by atoms with Gasteiger partial charge in [0.05, 0.1) is 26.8 Å². The zero-order valence-corrected chi connectivity index (χ0v) is 22.0. The van der Waals surface area contributed by atoms with Crippen LogP contribution in [0.25, 0.3) is 10.9 Å². The van der Waals surface area contributed by atoms with Crippen LogP contribution in [0.3, 0.4) is 0 Å². The van der Waals surface area contributed by atoms with Crippen molar-refractivity contribution in [2.24, 2.45) is 0 Å². The van der Waals surface area contributed by atoms with Crippen LogP contribution in [0.4, 0.5) is 10.2 Å². The maximum atomic E-state index is 13.5. The lowest BCUT2D eigenvalue weighted by atomic mass is 10.1. The van der Waals surface area contributed by atoms with Crippen LogP contribution in [0.5, 0.6) is 17.2 Å². The van der Waals surface area contributed by atoms with Crippen molar-refractivity contribution in [3.63, 3.8) is 0 Å². The number of rotatable bonds is 10. The maximum absolute atomic E-state index is 13.5. The monoisotopic (exact) mass is 511 g/mol. The zero-order valence-electron chi connectivity index (χ0n) is 22.0. The Morgan fingerprint density at radius 1 is 1.08 bits per heavy atom. The summed E-state index contributed by atoms with van der Waals surface area (Å²) in [5, 5.41) is 0.754. The summed E-state index contributed by atoms with van der Waals surface area (Å²) >= 11 is 0. The summed E-state index contributed by atoms with van der Waals surface area (Å²) in [6, 6.07) is 10.2. The molecule has 0 radical (unpaired) electrons. The Hall–Kier alpha value is -3.59. The first-order chi connectivity index (χ1) is 17.9. The van der Waals surface area contributed by atoms with E-state index in [0.29, 0.717) is 55.3 Å². The molecule has 1 saturated heterocycles. The van der Waals surface area contributed by atoms with Crippen LogP contribution in [-0.2, 0) is 22.5 Å². The van der Waals surface area contributed by atoms with Crippen molar-refractivity contribution in [1.29, 1.82) is 0 Å². The van der Waals surface area contributed by atoms with E-state index in [2.05, 4.69) is 0 Å². The Labute approximate surface area is 216 Å². The first-order valence-corrected chi connectivity index (χ1v) is 12.3. The molecule has 2 heterocycles. The molecule has 1 aliphatic rings. The minimum atomic E-state index is -0.455. The van der Waals surface area contributed by atoms with Crippen LogP contribution in [0.2, 0.25) is 0 Å².